The summed E-state index contributed by atoms with van der Waals surface area (Å²) in [6.07, 6.45) is -4.88. The van der Waals surface area contributed by atoms with Gasteiger partial charge in [0.1, 0.15) is 17.5 Å². The van der Waals surface area contributed by atoms with Gasteiger partial charge in [-0.05, 0) is 74.7 Å². The number of nitrogens with zero attached hydrogens (tertiary/aromatic N) is 2. The molecule has 0 aliphatic carbocycles. The molecule has 42 heavy (non-hydrogen) atoms. The summed E-state index contributed by atoms with van der Waals surface area (Å²) < 4.78 is 76.7. The SMILES string of the molecule is C[C@@H]1C(=O)N(CCCOc2ccc(S(=O)(=O)C3(C(=O)NO)CCOCC3)cc2)C(=O)N1c1ccc(OC(F)(F)F)cc1. The van der Waals surface area contributed by atoms with E-state index in [-0.39, 0.29) is 56.2 Å². The number of nitrogens with one attached hydrogen (secondary N) is 1. The van der Waals surface area contributed by atoms with Crippen molar-refractivity contribution < 1.29 is 55.4 Å². The van der Waals surface area contributed by atoms with Gasteiger partial charge in [-0.3, -0.25) is 24.6 Å². The molecule has 2 heterocycles. The number of alkyl halides is 3. The molecule has 0 radical (unpaired) electrons. The van der Waals surface area contributed by atoms with Crippen molar-refractivity contribution in [2.75, 3.05) is 31.3 Å². The Hall–Kier alpha value is -3.89. The van der Waals surface area contributed by atoms with E-state index in [0.29, 0.717) is 5.75 Å². The molecular formula is C26H28F3N3O9S. The first-order valence-electron chi connectivity index (χ1n) is 12.8. The van der Waals surface area contributed by atoms with Gasteiger partial charge < -0.3 is 14.2 Å². The molecule has 2 aromatic carbocycles. The van der Waals surface area contributed by atoms with Gasteiger partial charge in [0.05, 0.1) is 11.5 Å². The van der Waals surface area contributed by atoms with Gasteiger partial charge in [-0.25, -0.2) is 18.7 Å². The Labute approximate surface area is 238 Å². The lowest BCUT2D eigenvalue weighted by Gasteiger charge is -2.34. The smallest absolute Gasteiger partial charge is 0.494 e. The Morgan fingerprint density at radius 1 is 1.07 bits per heavy atom. The second kappa shape index (κ2) is 12.1. The monoisotopic (exact) mass is 615 g/mol. The third kappa shape index (κ3) is 6.15. The van der Waals surface area contributed by atoms with Gasteiger partial charge in [0, 0.05) is 25.4 Å². The van der Waals surface area contributed by atoms with Crippen LogP contribution in [0, 0.1) is 0 Å². The fraction of sp³-hybridized carbons (Fsp3) is 0.423. The second-order valence-electron chi connectivity index (χ2n) is 9.58. The van der Waals surface area contributed by atoms with Crippen LogP contribution in [-0.4, -0.2) is 79.9 Å². The minimum atomic E-state index is -4.86. The number of hydroxylamine groups is 1. The highest BCUT2D eigenvalue weighted by molar-refractivity contribution is 7.93. The summed E-state index contributed by atoms with van der Waals surface area (Å²) >= 11 is 0. The molecule has 0 bridgehead atoms. The van der Waals surface area contributed by atoms with Gasteiger partial charge in [0.15, 0.2) is 14.6 Å². The first-order chi connectivity index (χ1) is 19.8. The molecule has 2 aliphatic heterocycles. The van der Waals surface area contributed by atoms with Crippen LogP contribution in [0.5, 0.6) is 11.5 Å². The van der Waals surface area contributed by atoms with Crippen molar-refractivity contribution in [3.8, 4) is 11.5 Å². The number of rotatable bonds is 10. The number of halogens is 3. The Morgan fingerprint density at radius 2 is 1.67 bits per heavy atom. The van der Waals surface area contributed by atoms with Gasteiger partial charge in [0.2, 0.25) is 0 Å². The molecule has 4 amide bonds. The van der Waals surface area contributed by atoms with Crippen molar-refractivity contribution in [2.24, 2.45) is 0 Å². The number of hydrogen-bond donors (Lipinski definition) is 2. The predicted octanol–water partition coefficient (Wildman–Crippen LogP) is 3.04. The van der Waals surface area contributed by atoms with E-state index >= 15 is 0 Å². The van der Waals surface area contributed by atoms with Crippen LogP contribution in [-0.2, 0) is 24.2 Å². The van der Waals surface area contributed by atoms with Crippen molar-refractivity contribution in [1.29, 1.82) is 0 Å². The molecule has 2 aliphatic rings. The molecule has 12 nitrogen and oxygen atoms in total. The van der Waals surface area contributed by atoms with Crippen molar-refractivity contribution in [3.63, 3.8) is 0 Å². The highest BCUT2D eigenvalue weighted by Crippen LogP contribution is 2.36. The maximum absolute atomic E-state index is 13.3. The molecular weight excluding hydrogens is 587 g/mol. The average Bonchev–Trinajstić information content (AvgIpc) is 3.17. The average molecular weight is 616 g/mol. The molecule has 0 spiro atoms. The lowest BCUT2D eigenvalue weighted by Crippen LogP contribution is -2.54. The molecule has 1 atom stereocenters. The first kappa shape index (κ1) is 31.1. The zero-order valence-corrected chi connectivity index (χ0v) is 23.1. The van der Waals surface area contributed by atoms with Crippen LogP contribution in [0.3, 0.4) is 0 Å². The quantitative estimate of drug-likeness (QED) is 0.178. The van der Waals surface area contributed by atoms with Crippen LogP contribution < -0.4 is 19.9 Å². The van der Waals surface area contributed by atoms with E-state index in [4.69, 9.17) is 14.7 Å². The van der Waals surface area contributed by atoms with E-state index in [2.05, 4.69) is 4.74 Å². The summed E-state index contributed by atoms with van der Waals surface area (Å²) in [4.78, 5) is 40.1. The number of ether oxygens (including phenoxy) is 3. The number of anilines is 1. The normalized spacial score (nSPS) is 19.1. The van der Waals surface area contributed by atoms with E-state index in [1.54, 1.807) is 0 Å². The number of carbonyl (C=O) groups is 3. The minimum Gasteiger partial charge on any atom is -0.494 e. The van der Waals surface area contributed by atoms with Gasteiger partial charge in [-0.15, -0.1) is 13.2 Å². The fourth-order valence-electron chi connectivity index (χ4n) is 4.85. The van der Waals surface area contributed by atoms with Crippen LogP contribution in [0.25, 0.3) is 0 Å². The predicted molar refractivity (Wildman–Crippen MR) is 139 cm³/mol. The zero-order valence-electron chi connectivity index (χ0n) is 22.3. The van der Waals surface area contributed by atoms with Crippen LogP contribution in [0.1, 0.15) is 26.2 Å². The topological polar surface area (TPSA) is 152 Å². The van der Waals surface area contributed by atoms with Crippen molar-refractivity contribution in [2.45, 2.75) is 48.2 Å². The van der Waals surface area contributed by atoms with Crippen molar-refractivity contribution in [3.05, 3.63) is 48.5 Å². The van der Waals surface area contributed by atoms with E-state index in [1.165, 1.54) is 53.7 Å². The molecule has 4 rings (SSSR count). The lowest BCUT2D eigenvalue weighted by molar-refractivity contribution is -0.274. The summed E-state index contributed by atoms with van der Waals surface area (Å²) in [6, 6.07) is 8.44. The Morgan fingerprint density at radius 3 is 2.24 bits per heavy atom. The molecule has 2 N–H and O–H groups in total. The molecule has 16 heteroatoms. The molecule has 0 unspecified atom stereocenters. The summed E-state index contributed by atoms with van der Waals surface area (Å²) in [5.74, 6) is -1.68. The standard InChI is InChI=1S/C26H28F3N3O9S/c1-17-22(33)31(24(35)32(17)18-3-5-20(6-4-18)41-26(27,28)29)13-2-14-40-19-7-9-21(10-8-19)42(37,38)25(23(34)30-36)11-15-39-16-12-25/h3-10,17,36H,2,11-16H2,1H3,(H,30,34)/t17-/m1/s1. The number of benzene rings is 2. The van der Waals surface area contributed by atoms with Crippen LogP contribution in [0.15, 0.2) is 53.4 Å². The van der Waals surface area contributed by atoms with Gasteiger partial charge in [-0.2, -0.15) is 0 Å². The number of imide groups is 1. The first-order valence-corrected chi connectivity index (χ1v) is 14.3. The van der Waals surface area contributed by atoms with E-state index in [9.17, 15) is 36.0 Å². The highest BCUT2D eigenvalue weighted by atomic mass is 32.2. The molecule has 0 saturated carbocycles. The summed E-state index contributed by atoms with van der Waals surface area (Å²) in [7, 11) is -4.20. The Balaban J connectivity index is 1.34. The molecule has 2 aromatic rings. The molecule has 228 valence electrons. The van der Waals surface area contributed by atoms with E-state index < -0.39 is 50.6 Å². The van der Waals surface area contributed by atoms with Gasteiger partial charge in [-0.1, -0.05) is 0 Å². The number of carbonyl (C=O) groups excluding carboxylic acids is 3. The van der Waals surface area contributed by atoms with Crippen molar-refractivity contribution in [1.82, 2.24) is 10.4 Å². The number of urea groups is 1. The lowest BCUT2D eigenvalue weighted by atomic mass is 9.98. The second-order valence-corrected chi connectivity index (χ2v) is 11.8. The minimum absolute atomic E-state index is 0.00109. The van der Waals surface area contributed by atoms with Crippen LogP contribution >= 0.6 is 0 Å². The summed E-state index contributed by atoms with van der Waals surface area (Å²) in [5, 5.41) is 9.16. The number of amides is 4. The van der Waals surface area contributed by atoms with Crippen molar-refractivity contribution >= 4 is 33.4 Å². The third-order valence-corrected chi connectivity index (χ3v) is 9.57. The molecule has 0 aromatic heterocycles. The molecule has 2 saturated heterocycles. The fourth-order valence-corrected chi connectivity index (χ4v) is 6.79. The van der Waals surface area contributed by atoms with E-state index in [1.807, 2.05) is 0 Å². The highest BCUT2D eigenvalue weighted by Gasteiger charge is 2.52. The number of hydrogen-bond acceptors (Lipinski definition) is 9. The summed E-state index contributed by atoms with van der Waals surface area (Å²) in [6.45, 7) is 1.64. The maximum Gasteiger partial charge on any atom is 0.573 e. The number of sulfone groups is 1. The Bertz CT molecular complexity index is 1410. The van der Waals surface area contributed by atoms with Gasteiger partial charge >= 0.3 is 12.4 Å². The summed E-state index contributed by atoms with van der Waals surface area (Å²) in [5.41, 5.74) is 1.68. The maximum atomic E-state index is 13.3. The van der Waals surface area contributed by atoms with Crippen LogP contribution in [0.2, 0.25) is 0 Å². The molecule has 2 fully saturated rings. The van der Waals surface area contributed by atoms with Gasteiger partial charge in [0.25, 0.3) is 11.8 Å². The zero-order chi connectivity index (χ0) is 30.7. The Kier molecular flexibility index (Phi) is 8.98. The third-order valence-electron chi connectivity index (χ3n) is 7.06. The largest absolute Gasteiger partial charge is 0.573 e. The van der Waals surface area contributed by atoms with Crippen LogP contribution in [0.4, 0.5) is 23.7 Å². The van der Waals surface area contributed by atoms with E-state index in [0.717, 1.165) is 17.0 Å².